The molecule has 39 heavy (non-hydrogen) atoms. The monoisotopic (exact) mass is 540 g/mol. The summed E-state index contributed by atoms with van der Waals surface area (Å²) in [5.74, 6) is 0.296. The van der Waals surface area contributed by atoms with Crippen LogP contribution < -0.4 is 15.8 Å². The number of nitrogens with zero attached hydrogens (tertiary/aromatic N) is 3. The molecule has 1 heterocycles. The van der Waals surface area contributed by atoms with Crippen LogP contribution in [0.3, 0.4) is 0 Å². The number of hydrogen-bond donors (Lipinski definition) is 3. The zero-order valence-electron chi connectivity index (χ0n) is 21.3. The predicted molar refractivity (Wildman–Crippen MR) is 149 cm³/mol. The summed E-state index contributed by atoms with van der Waals surface area (Å²) in [6.45, 7) is 9.93. The third-order valence-corrected chi connectivity index (χ3v) is 7.52. The van der Waals surface area contributed by atoms with Crippen molar-refractivity contribution in [3.63, 3.8) is 0 Å². The second-order valence-corrected chi connectivity index (χ2v) is 11.3. The zero-order chi connectivity index (χ0) is 27.6. The van der Waals surface area contributed by atoms with E-state index in [4.69, 9.17) is 11.7 Å². The number of aromatic nitrogens is 2. The number of nitrogens with one attached hydrogen (secondary N) is 2. The second kappa shape index (κ2) is 10.8. The first-order chi connectivity index (χ1) is 18.7. The molecular formula is C29H28N6O3S. The first kappa shape index (κ1) is 26.3. The first-order valence-electron chi connectivity index (χ1n) is 12.5. The number of aryl methyl sites for hydroxylation is 1. The summed E-state index contributed by atoms with van der Waals surface area (Å²) < 4.78 is 25.0. The van der Waals surface area contributed by atoms with Crippen molar-refractivity contribution in [3.8, 4) is 5.69 Å². The van der Waals surface area contributed by atoms with E-state index in [0.717, 1.165) is 17.7 Å². The highest BCUT2D eigenvalue weighted by Crippen LogP contribution is 2.31. The summed E-state index contributed by atoms with van der Waals surface area (Å²) in [6.07, 6.45) is 2.37. The maximum Gasteiger partial charge on any atom is 0.274 e. The highest BCUT2D eigenvalue weighted by atomic mass is 32.2. The van der Waals surface area contributed by atoms with E-state index >= 15 is 0 Å². The molecule has 4 N–H and O–H groups in total. The van der Waals surface area contributed by atoms with Crippen LogP contribution in [-0.2, 0) is 10.0 Å². The van der Waals surface area contributed by atoms with Crippen molar-refractivity contribution in [2.45, 2.75) is 30.7 Å². The number of hydrogen-bond acceptors (Lipinski definition) is 5. The van der Waals surface area contributed by atoms with E-state index in [1.807, 2.05) is 31.2 Å². The van der Waals surface area contributed by atoms with Crippen LogP contribution in [0.2, 0.25) is 0 Å². The molecule has 0 spiro atoms. The van der Waals surface area contributed by atoms with Crippen LogP contribution in [-0.4, -0.2) is 30.7 Å². The van der Waals surface area contributed by atoms with Gasteiger partial charge in [0.2, 0.25) is 10.0 Å². The van der Waals surface area contributed by atoms with Gasteiger partial charge in [-0.1, -0.05) is 36.4 Å². The fourth-order valence-electron chi connectivity index (χ4n) is 4.43. The van der Waals surface area contributed by atoms with E-state index in [9.17, 15) is 13.2 Å². The molecule has 3 aromatic carbocycles. The molecule has 9 nitrogen and oxygen atoms in total. The van der Waals surface area contributed by atoms with Crippen molar-refractivity contribution in [1.82, 2.24) is 15.1 Å². The average Bonchev–Trinajstić information content (AvgIpc) is 3.67. The van der Waals surface area contributed by atoms with E-state index in [1.165, 1.54) is 29.7 Å². The van der Waals surface area contributed by atoms with Gasteiger partial charge in [-0.2, -0.15) is 5.10 Å². The Morgan fingerprint density at radius 1 is 1.08 bits per heavy atom. The van der Waals surface area contributed by atoms with Crippen molar-refractivity contribution in [2.75, 3.05) is 11.9 Å². The zero-order valence-corrected chi connectivity index (χ0v) is 22.2. The largest absolute Gasteiger partial charge is 0.321 e. The van der Waals surface area contributed by atoms with Gasteiger partial charge in [0.1, 0.15) is 5.69 Å². The molecule has 4 aromatic rings. The van der Waals surface area contributed by atoms with Crippen molar-refractivity contribution in [1.29, 1.82) is 0 Å². The van der Waals surface area contributed by atoms with E-state index in [0.29, 0.717) is 34.4 Å². The van der Waals surface area contributed by atoms with Crippen LogP contribution in [0.25, 0.3) is 10.5 Å². The van der Waals surface area contributed by atoms with Gasteiger partial charge in [0.05, 0.1) is 28.9 Å². The number of benzene rings is 3. The van der Waals surface area contributed by atoms with E-state index in [2.05, 4.69) is 20.6 Å². The third-order valence-electron chi connectivity index (χ3n) is 6.59. The molecule has 0 bridgehead atoms. The van der Waals surface area contributed by atoms with E-state index in [-0.39, 0.29) is 16.8 Å². The van der Waals surface area contributed by atoms with Crippen LogP contribution in [0.1, 0.15) is 46.2 Å². The molecule has 0 radical (unpaired) electrons. The lowest BCUT2D eigenvalue weighted by atomic mass is 9.98. The summed E-state index contributed by atoms with van der Waals surface area (Å²) in [5.41, 5.74) is 4.53. The van der Waals surface area contributed by atoms with Crippen molar-refractivity contribution < 1.29 is 13.2 Å². The Morgan fingerprint density at radius 3 is 2.51 bits per heavy atom. The van der Waals surface area contributed by atoms with Gasteiger partial charge in [0.15, 0.2) is 5.69 Å². The van der Waals surface area contributed by atoms with Gasteiger partial charge in [0, 0.05) is 5.69 Å². The van der Waals surface area contributed by atoms with E-state index < -0.39 is 10.0 Å². The summed E-state index contributed by atoms with van der Waals surface area (Å²) in [7, 11) is -3.79. The van der Waals surface area contributed by atoms with Crippen molar-refractivity contribution in [2.24, 2.45) is 11.1 Å². The van der Waals surface area contributed by atoms with Crippen molar-refractivity contribution >= 4 is 27.3 Å². The molecular weight excluding hydrogens is 512 g/mol. The predicted octanol–water partition coefficient (Wildman–Crippen LogP) is 4.72. The lowest BCUT2D eigenvalue weighted by Gasteiger charge is -2.21. The summed E-state index contributed by atoms with van der Waals surface area (Å²) in [6, 6.07) is 22.5. The van der Waals surface area contributed by atoms with E-state index in [1.54, 1.807) is 42.5 Å². The Kier molecular flexibility index (Phi) is 7.30. The fraction of sp³-hybridized carbons (Fsp3) is 0.207. The van der Waals surface area contributed by atoms with Crippen LogP contribution in [0.15, 0.2) is 83.8 Å². The first-order valence-corrected chi connectivity index (χ1v) is 14.1. The number of sulfonamides is 1. The third kappa shape index (κ3) is 6.23. The highest BCUT2D eigenvalue weighted by molar-refractivity contribution is 7.89. The van der Waals surface area contributed by atoms with Gasteiger partial charge >= 0.3 is 0 Å². The maximum absolute atomic E-state index is 13.4. The fourth-order valence-corrected chi connectivity index (χ4v) is 4.94. The molecule has 0 saturated heterocycles. The number of carbonyl (C=O) groups excluding carboxylic acids is 1. The highest BCUT2D eigenvalue weighted by Gasteiger charge is 2.24. The maximum atomic E-state index is 13.4. The van der Waals surface area contributed by atoms with Gasteiger partial charge in [-0.25, -0.2) is 23.1 Å². The molecule has 10 heteroatoms. The van der Waals surface area contributed by atoms with Gasteiger partial charge in [-0.05, 0) is 85.8 Å². The number of anilines is 1. The van der Waals surface area contributed by atoms with Gasteiger partial charge in [-0.15, -0.1) is 0 Å². The Hall–Kier alpha value is -4.30. The summed E-state index contributed by atoms with van der Waals surface area (Å²) in [5, 5.41) is 16.3. The number of amides is 1. The van der Waals surface area contributed by atoms with Crippen molar-refractivity contribution in [3.05, 3.63) is 113 Å². The molecule has 5 rings (SSSR count). The quantitative estimate of drug-likeness (QED) is 0.265. The lowest BCUT2D eigenvalue weighted by Crippen LogP contribution is -2.25. The summed E-state index contributed by atoms with van der Waals surface area (Å²) in [4.78, 5) is 16.9. The number of carbonyl (C=O) groups is 1. The Labute approximate surface area is 227 Å². The topological polar surface area (TPSA) is 123 Å². The molecule has 1 unspecified atom stereocenters. The molecule has 1 saturated carbocycles. The molecule has 1 fully saturated rings. The van der Waals surface area contributed by atoms with Crippen LogP contribution >= 0.6 is 0 Å². The molecule has 1 aliphatic carbocycles. The second-order valence-electron chi connectivity index (χ2n) is 9.69. The minimum Gasteiger partial charge on any atom is -0.321 e. The minimum atomic E-state index is -3.79. The van der Waals surface area contributed by atoms with Gasteiger partial charge in [-0.3, -0.25) is 4.79 Å². The number of nitrogens with two attached hydrogens (primary N) is 1. The normalized spacial score (nSPS) is 14.0. The Bertz CT molecular complexity index is 1670. The molecule has 1 aromatic heterocycles. The Balaban J connectivity index is 1.42. The molecule has 1 atom stereocenters. The van der Waals surface area contributed by atoms with Crippen LogP contribution in [0.5, 0.6) is 0 Å². The molecule has 1 aliphatic rings. The Morgan fingerprint density at radius 2 is 1.82 bits per heavy atom. The van der Waals surface area contributed by atoms with Gasteiger partial charge < -0.3 is 10.6 Å². The number of rotatable bonds is 9. The summed E-state index contributed by atoms with van der Waals surface area (Å²) >= 11 is 0. The lowest BCUT2D eigenvalue weighted by molar-refractivity contribution is 0.101. The smallest absolute Gasteiger partial charge is 0.274 e. The number of primary sulfonamides is 1. The molecule has 0 aliphatic heterocycles. The van der Waals surface area contributed by atoms with Gasteiger partial charge in [0.25, 0.3) is 5.91 Å². The van der Waals surface area contributed by atoms with Crippen LogP contribution in [0.4, 0.5) is 11.4 Å². The average molecular weight is 541 g/mol. The molecule has 1 amide bonds. The SMILES string of the molecule is [C-]#[N+]c1cccc(-n2nc(C)cc2C(=O)Nc2cccc(C(NCC3CC3)c3ccc(S(N)(=O)=O)cc3)c2)c1. The van der Waals surface area contributed by atoms with Crippen LogP contribution in [0, 0.1) is 19.4 Å². The minimum absolute atomic E-state index is 0.0575. The standard InChI is InChI=1S/C29H28N6O3S/c1-19-15-27(35(34-19)25-8-4-6-23(17-25)31-2)29(36)33-24-7-3-5-22(16-24)28(32-18-20-9-10-20)21-11-13-26(14-12-21)39(30,37)38/h3-8,11-17,20,28,32H,9-10,18H2,1H3,(H,33,36)(H2,30,37,38). The molecule has 198 valence electrons.